The fourth-order valence-corrected chi connectivity index (χ4v) is 5.67. The second-order valence-electron chi connectivity index (χ2n) is 9.84. The number of methoxy groups -OCH3 is 2. The molecule has 1 N–H and O–H groups in total. The van der Waals surface area contributed by atoms with Crippen LogP contribution in [0.5, 0.6) is 11.5 Å². The molecule has 1 atom stereocenters. The van der Waals surface area contributed by atoms with Crippen molar-refractivity contribution in [2.75, 3.05) is 31.6 Å². The van der Waals surface area contributed by atoms with Crippen molar-refractivity contribution in [1.82, 2.24) is 10.2 Å². The third kappa shape index (κ3) is 7.79. The Morgan fingerprint density at radius 1 is 0.902 bits per heavy atom. The number of carbonyl (C=O) groups is 2. The van der Waals surface area contributed by atoms with Crippen LogP contribution in [0.4, 0.5) is 5.69 Å². The maximum absolute atomic E-state index is 14.1. The molecule has 9 nitrogen and oxygen atoms in total. The summed E-state index contributed by atoms with van der Waals surface area (Å²) < 4.78 is 39.9. The SMILES string of the molecule is CCCNC(=O)[C@@H](C)N(Cc1ccc(OC)cc1)C(=O)CN(c1cc(C)ccc1OC)S(=O)(=O)c1ccc(C)cc1. The molecule has 0 aliphatic heterocycles. The van der Waals surface area contributed by atoms with Crippen LogP contribution in [0.25, 0.3) is 0 Å². The topological polar surface area (TPSA) is 105 Å². The first-order valence-electron chi connectivity index (χ1n) is 13.5. The second-order valence-corrected chi connectivity index (χ2v) is 11.7. The van der Waals surface area contributed by atoms with E-state index in [2.05, 4.69) is 5.32 Å². The molecule has 3 rings (SSSR count). The Kier molecular flexibility index (Phi) is 10.8. The molecule has 0 heterocycles. The molecule has 10 heteroatoms. The van der Waals surface area contributed by atoms with Gasteiger partial charge in [-0.2, -0.15) is 0 Å². The van der Waals surface area contributed by atoms with Gasteiger partial charge in [0.15, 0.2) is 0 Å². The van der Waals surface area contributed by atoms with Crippen LogP contribution in [0.1, 0.15) is 37.0 Å². The summed E-state index contributed by atoms with van der Waals surface area (Å²) in [7, 11) is -1.19. The van der Waals surface area contributed by atoms with Gasteiger partial charge in [-0.25, -0.2) is 8.42 Å². The van der Waals surface area contributed by atoms with Crippen molar-refractivity contribution in [3.63, 3.8) is 0 Å². The molecule has 0 fully saturated rings. The normalized spacial score (nSPS) is 11.9. The molecule has 41 heavy (non-hydrogen) atoms. The van der Waals surface area contributed by atoms with Crippen molar-refractivity contribution in [2.24, 2.45) is 0 Å². The summed E-state index contributed by atoms with van der Waals surface area (Å²) in [5, 5.41) is 2.84. The summed E-state index contributed by atoms with van der Waals surface area (Å²) in [5.41, 5.74) is 2.68. The number of rotatable bonds is 13. The fraction of sp³-hybridized carbons (Fsp3) is 0.355. The van der Waals surface area contributed by atoms with E-state index in [0.29, 0.717) is 18.0 Å². The van der Waals surface area contributed by atoms with Gasteiger partial charge in [0.2, 0.25) is 11.8 Å². The zero-order valence-corrected chi connectivity index (χ0v) is 25.3. The highest BCUT2D eigenvalue weighted by atomic mass is 32.2. The van der Waals surface area contributed by atoms with E-state index in [1.165, 1.54) is 24.1 Å². The first-order chi connectivity index (χ1) is 19.5. The lowest BCUT2D eigenvalue weighted by Crippen LogP contribution is -2.51. The summed E-state index contributed by atoms with van der Waals surface area (Å²) in [5.74, 6) is 0.0887. The number of nitrogens with one attached hydrogen (secondary N) is 1. The molecule has 0 saturated heterocycles. The maximum Gasteiger partial charge on any atom is 0.264 e. The highest BCUT2D eigenvalue weighted by molar-refractivity contribution is 7.92. The molecule has 3 aromatic rings. The lowest BCUT2D eigenvalue weighted by atomic mass is 10.1. The van der Waals surface area contributed by atoms with Gasteiger partial charge in [0, 0.05) is 13.1 Å². The number of sulfonamides is 1. The Morgan fingerprint density at radius 3 is 2.12 bits per heavy atom. The lowest BCUT2D eigenvalue weighted by Gasteiger charge is -2.32. The van der Waals surface area contributed by atoms with Crippen LogP contribution in [-0.4, -0.2) is 58.5 Å². The fourth-order valence-electron chi connectivity index (χ4n) is 4.25. The average Bonchev–Trinajstić information content (AvgIpc) is 2.97. The number of ether oxygens (including phenoxy) is 2. The first-order valence-corrected chi connectivity index (χ1v) is 14.9. The van der Waals surface area contributed by atoms with E-state index in [1.807, 2.05) is 20.8 Å². The molecule has 0 aliphatic carbocycles. The van der Waals surface area contributed by atoms with Crippen LogP contribution in [0.2, 0.25) is 0 Å². The number of benzene rings is 3. The van der Waals surface area contributed by atoms with Crippen molar-refractivity contribution in [3.8, 4) is 11.5 Å². The highest BCUT2D eigenvalue weighted by Gasteiger charge is 2.33. The van der Waals surface area contributed by atoms with E-state index in [9.17, 15) is 18.0 Å². The van der Waals surface area contributed by atoms with Crippen molar-refractivity contribution in [3.05, 3.63) is 83.4 Å². The number of nitrogens with zero attached hydrogens (tertiary/aromatic N) is 2. The van der Waals surface area contributed by atoms with Gasteiger partial charge in [0.05, 0.1) is 24.8 Å². The number of hydrogen-bond acceptors (Lipinski definition) is 6. The van der Waals surface area contributed by atoms with Crippen molar-refractivity contribution >= 4 is 27.5 Å². The van der Waals surface area contributed by atoms with E-state index in [0.717, 1.165) is 27.4 Å². The molecule has 3 aromatic carbocycles. The quantitative estimate of drug-likeness (QED) is 0.320. The van der Waals surface area contributed by atoms with Crippen LogP contribution >= 0.6 is 0 Å². The Bertz CT molecular complexity index is 1440. The highest BCUT2D eigenvalue weighted by Crippen LogP contribution is 2.34. The molecule has 0 saturated carbocycles. The lowest BCUT2D eigenvalue weighted by molar-refractivity contribution is -0.139. The smallest absolute Gasteiger partial charge is 0.264 e. The van der Waals surface area contributed by atoms with Crippen LogP contribution in [0, 0.1) is 13.8 Å². The van der Waals surface area contributed by atoms with Crippen LogP contribution in [0.15, 0.2) is 71.6 Å². The van der Waals surface area contributed by atoms with Crippen LogP contribution in [0.3, 0.4) is 0 Å². The molecule has 0 bridgehead atoms. The van der Waals surface area contributed by atoms with Gasteiger partial charge < -0.3 is 19.7 Å². The zero-order valence-electron chi connectivity index (χ0n) is 24.5. The summed E-state index contributed by atoms with van der Waals surface area (Å²) in [6.45, 7) is 7.28. The molecule has 0 spiro atoms. The van der Waals surface area contributed by atoms with Gasteiger partial charge in [-0.05, 0) is 74.7 Å². The van der Waals surface area contributed by atoms with Gasteiger partial charge in [-0.3, -0.25) is 13.9 Å². The number of hydrogen-bond donors (Lipinski definition) is 1. The molecule has 220 valence electrons. The predicted molar refractivity (Wildman–Crippen MR) is 160 cm³/mol. The molecule has 0 unspecified atom stereocenters. The molecule has 0 aromatic heterocycles. The van der Waals surface area contributed by atoms with E-state index >= 15 is 0 Å². The van der Waals surface area contributed by atoms with E-state index < -0.39 is 28.5 Å². The van der Waals surface area contributed by atoms with Gasteiger partial charge >= 0.3 is 0 Å². The molecule has 0 aliphatic rings. The summed E-state index contributed by atoms with van der Waals surface area (Å²) in [6, 6.07) is 17.9. The number of carbonyl (C=O) groups excluding carboxylic acids is 2. The van der Waals surface area contributed by atoms with Crippen LogP contribution < -0.4 is 19.1 Å². The minimum Gasteiger partial charge on any atom is -0.497 e. The van der Waals surface area contributed by atoms with Crippen molar-refractivity contribution in [1.29, 1.82) is 0 Å². The largest absolute Gasteiger partial charge is 0.497 e. The van der Waals surface area contributed by atoms with E-state index in [-0.39, 0.29) is 23.0 Å². The van der Waals surface area contributed by atoms with E-state index in [1.54, 1.807) is 68.6 Å². The summed E-state index contributed by atoms with van der Waals surface area (Å²) >= 11 is 0. The van der Waals surface area contributed by atoms with Gasteiger partial charge in [-0.1, -0.05) is 42.8 Å². The Hall–Kier alpha value is -4.05. The standard InChI is InChI=1S/C31H39N3O6S/c1-7-18-32-31(36)24(4)33(20-25-11-13-26(39-5)14-12-25)30(35)21-34(28-19-23(3)10-17-29(28)40-6)41(37,38)27-15-8-22(2)9-16-27/h8-17,19,24H,7,18,20-21H2,1-6H3,(H,32,36)/t24-/m1/s1. The number of aryl methyl sites for hydroxylation is 2. The van der Waals surface area contributed by atoms with Gasteiger partial charge in [0.1, 0.15) is 24.1 Å². The summed E-state index contributed by atoms with van der Waals surface area (Å²) in [6.07, 6.45) is 0.737. The monoisotopic (exact) mass is 581 g/mol. The molecule has 0 radical (unpaired) electrons. The molecule has 2 amide bonds. The average molecular weight is 582 g/mol. The number of amides is 2. The molecular weight excluding hydrogens is 542 g/mol. The molecular formula is C31H39N3O6S. The third-order valence-corrected chi connectivity index (χ3v) is 8.49. The summed E-state index contributed by atoms with van der Waals surface area (Å²) in [4.78, 5) is 28.5. The minimum absolute atomic E-state index is 0.0369. The first kappa shape index (κ1) is 31.5. The van der Waals surface area contributed by atoms with Crippen LogP contribution in [-0.2, 0) is 26.2 Å². The predicted octanol–water partition coefficient (Wildman–Crippen LogP) is 4.46. The van der Waals surface area contributed by atoms with Gasteiger partial charge in [-0.15, -0.1) is 0 Å². The maximum atomic E-state index is 14.1. The number of anilines is 1. The van der Waals surface area contributed by atoms with Crippen molar-refractivity contribution < 1.29 is 27.5 Å². The third-order valence-electron chi connectivity index (χ3n) is 6.72. The second kappa shape index (κ2) is 14.0. The Labute approximate surface area is 243 Å². The van der Waals surface area contributed by atoms with Crippen molar-refractivity contribution in [2.45, 2.75) is 51.6 Å². The van der Waals surface area contributed by atoms with E-state index in [4.69, 9.17) is 9.47 Å². The Balaban J connectivity index is 2.08. The minimum atomic E-state index is -4.20. The zero-order chi connectivity index (χ0) is 30.2. The Morgan fingerprint density at radius 2 is 1.54 bits per heavy atom. The van der Waals surface area contributed by atoms with Gasteiger partial charge in [0.25, 0.3) is 10.0 Å².